The lowest BCUT2D eigenvalue weighted by Crippen LogP contribution is -2.52. The molecule has 0 saturated carbocycles. The van der Waals surface area contributed by atoms with Crippen molar-refractivity contribution in [3.63, 3.8) is 0 Å². The first-order valence-corrected chi connectivity index (χ1v) is 5.30. The van der Waals surface area contributed by atoms with Crippen molar-refractivity contribution in [1.82, 2.24) is 5.32 Å². The highest BCUT2D eigenvalue weighted by atomic mass is 16.6. The number of aliphatic hydroxyl groups is 1. The fraction of sp³-hybridized carbons (Fsp3) is 0.818. The summed E-state index contributed by atoms with van der Waals surface area (Å²) in [4.78, 5) is 22.7. The van der Waals surface area contributed by atoms with Gasteiger partial charge in [0.25, 0.3) is 0 Å². The van der Waals surface area contributed by atoms with Crippen LogP contribution in [-0.2, 0) is 9.53 Å². The molecule has 0 aliphatic rings. The number of hydrogen-bond donors (Lipinski definition) is 3. The molecule has 6 nitrogen and oxygen atoms in total. The third kappa shape index (κ3) is 5.53. The third-order valence-corrected chi connectivity index (χ3v) is 2.06. The minimum Gasteiger partial charge on any atom is -0.480 e. The predicted molar refractivity (Wildman–Crippen MR) is 61.7 cm³/mol. The van der Waals surface area contributed by atoms with Crippen LogP contribution in [0.2, 0.25) is 0 Å². The van der Waals surface area contributed by atoms with Gasteiger partial charge in [-0.05, 0) is 20.8 Å². The van der Waals surface area contributed by atoms with Gasteiger partial charge in [0.1, 0.15) is 11.6 Å². The van der Waals surface area contributed by atoms with Crippen LogP contribution in [0, 0.1) is 5.41 Å². The van der Waals surface area contributed by atoms with Crippen LogP contribution in [0.5, 0.6) is 0 Å². The van der Waals surface area contributed by atoms with E-state index in [-0.39, 0.29) is 6.61 Å². The van der Waals surface area contributed by atoms with E-state index in [1.54, 1.807) is 34.6 Å². The Morgan fingerprint density at radius 1 is 1.35 bits per heavy atom. The molecule has 0 rings (SSSR count). The fourth-order valence-corrected chi connectivity index (χ4v) is 1.10. The van der Waals surface area contributed by atoms with Gasteiger partial charge in [-0.2, -0.15) is 0 Å². The summed E-state index contributed by atoms with van der Waals surface area (Å²) in [5.41, 5.74) is -1.63. The molecule has 100 valence electrons. The Labute approximate surface area is 102 Å². The molecule has 0 aliphatic carbocycles. The first kappa shape index (κ1) is 13.8. The van der Waals surface area contributed by atoms with Crippen molar-refractivity contribution in [3.8, 4) is 0 Å². The highest BCUT2D eigenvalue weighted by Gasteiger charge is 2.37. The second kappa shape index (κ2) is 5.35. The lowest BCUT2D eigenvalue weighted by atomic mass is 9.85. The van der Waals surface area contributed by atoms with Crippen LogP contribution in [-0.4, -0.2) is 42.0 Å². The molecule has 0 bridgehead atoms. The number of aliphatic carboxylic acids is 1. The average molecular weight is 249 g/mol. The molecule has 0 aromatic carbocycles. The Hall–Kier alpha value is -1.30. The number of ether oxygens (including phenoxy) is 1. The summed E-state index contributed by atoms with van der Waals surface area (Å²) >= 11 is 0. The second-order valence-corrected chi connectivity index (χ2v) is 5.55. The summed E-state index contributed by atoms with van der Waals surface area (Å²) in [6, 6.07) is -1.20. The molecular formula is C11H21NO5. The zero-order chi connectivity index (χ0) is 14.6. The molecule has 0 aliphatic heterocycles. The summed E-state index contributed by atoms with van der Waals surface area (Å²) in [5.74, 6) is -1.21. The first-order valence-electron chi connectivity index (χ1n) is 5.71. The van der Waals surface area contributed by atoms with Crippen LogP contribution in [0.4, 0.5) is 4.79 Å². The maximum Gasteiger partial charge on any atom is 0.408 e. The van der Waals surface area contributed by atoms with Crippen molar-refractivity contribution < 1.29 is 24.5 Å². The molecule has 0 radical (unpaired) electrons. The van der Waals surface area contributed by atoms with Crippen LogP contribution in [0.3, 0.4) is 0 Å². The van der Waals surface area contributed by atoms with Crippen molar-refractivity contribution in [2.75, 3.05) is 6.61 Å². The molecule has 0 heterocycles. The molecule has 1 atom stereocenters. The minimum atomic E-state index is -1.21. The molecule has 0 aromatic heterocycles. The van der Waals surface area contributed by atoms with E-state index in [1.807, 2.05) is 0 Å². The normalized spacial score (nSPS) is 14.8. The molecule has 0 fully saturated rings. The predicted octanol–water partition coefficient (Wildman–Crippen LogP) is 0.983. The fourth-order valence-electron chi connectivity index (χ4n) is 1.10. The number of carbonyl (C=O) groups is 2. The number of rotatable bonds is 5. The topological polar surface area (TPSA) is 95.9 Å². The highest BCUT2D eigenvalue weighted by Crippen LogP contribution is 2.20. The summed E-state index contributed by atoms with van der Waals surface area (Å²) in [7, 11) is 0. The van der Waals surface area contributed by atoms with Crippen molar-refractivity contribution >= 4 is 12.1 Å². The minimum absolute atomic E-state index is 0.125. The summed E-state index contributed by atoms with van der Waals surface area (Å²) < 4.78 is 11.7. The van der Waals surface area contributed by atoms with Gasteiger partial charge < -0.3 is 20.3 Å². The SMILES string of the molecule is [3H]OCC(C)(C)C(NC(=O)OC(C)(C)C)C(=O)O. The summed E-state index contributed by atoms with van der Waals surface area (Å²) in [5, 5.41) is 15.6. The van der Waals surface area contributed by atoms with E-state index >= 15 is 0 Å². The van der Waals surface area contributed by atoms with Crippen molar-refractivity contribution in [1.29, 1.82) is 1.43 Å². The molecule has 3 N–H and O–H groups in total. The zero-order valence-corrected chi connectivity index (χ0v) is 10.9. The van der Waals surface area contributed by atoms with Crippen LogP contribution in [0.25, 0.3) is 0 Å². The third-order valence-electron chi connectivity index (χ3n) is 2.06. The Balaban J connectivity index is 4.75. The summed E-state index contributed by atoms with van der Waals surface area (Å²) in [6.45, 7) is 8.08. The van der Waals surface area contributed by atoms with E-state index < -0.39 is 29.1 Å². The molecule has 0 spiro atoms. The lowest BCUT2D eigenvalue weighted by molar-refractivity contribution is -0.143. The monoisotopic (exact) mass is 249 g/mol. The number of nitrogens with one attached hydrogen (secondary N) is 1. The molecular weight excluding hydrogens is 226 g/mol. The van der Waals surface area contributed by atoms with E-state index in [4.69, 9.17) is 11.3 Å². The second-order valence-electron chi connectivity index (χ2n) is 5.55. The van der Waals surface area contributed by atoms with Crippen LogP contribution in [0.15, 0.2) is 0 Å². The number of hydrogen-bond acceptors (Lipinski definition) is 4. The van der Waals surface area contributed by atoms with Gasteiger partial charge >= 0.3 is 12.1 Å². The van der Waals surface area contributed by atoms with Gasteiger partial charge in [0, 0.05) is 5.41 Å². The van der Waals surface area contributed by atoms with Gasteiger partial charge in [-0.1, -0.05) is 13.8 Å². The van der Waals surface area contributed by atoms with Gasteiger partial charge in [-0.3, -0.25) is 0 Å². The number of carboxylic acids is 1. The highest BCUT2D eigenvalue weighted by molar-refractivity contribution is 5.80. The number of aliphatic hydroxyl groups excluding tert-OH is 1. The Morgan fingerprint density at radius 3 is 2.24 bits per heavy atom. The van der Waals surface area contributed by atoms with Gasteiger partial charge in [-0.25, -0.2) is 9.59 Å². The molecule has 0 aromatic rings. The molecule has 0 saturated heterocycles. The largest absolute Gasteiger partial charge is 0.480 e. The van der Waals surface area contributed by atoms with Gasteiger partial charge in [0.2, 0.25) is 1.43 Å². The first-order chi connectivity index (χ1) is 7.99. The Morgan fingerprint density at radius 2 is 1.88 bits per heavy atom. The van der Waals surface area contributed by atoms with Crippen molar-refractivity contribution in [3.05, 3.63) is 0 Å². The summed E-state index contributed by atoms with van der Waals surface area (Å²) in [6.07, 6.45) is -0.812. The maximum absolute atomic E-state index is 11.5. The standard InChI is InChI=1S/C11H21NO5/c1-10(2,3)17-9(16)12-7(8(14)15)11(4,5)6-13/h7,13H,6H2,1-5H3,(H,12,16)(H,14,15)/i13T. The average Bonchev–Trinajstić information content (AvgIpc) is 2.10. The van der Waals surface area contributed by atoms with Crippen molar-refractivity contribution in [2.24, 2.45) is 5.41 Å². The Kier molecular flexibility index (Phi) is 4.34. The van der Waals surface area contributed by atoms with E-state index in [0.29, 0.717) is 0 Å². The van der Waals surface area contributed by atoms with Crippen LogP contribution >= 0.6 is 0 Å². The molecule has 1 amide bonds. The molecule has 6 heteroatoms. The van der Waals surface area contributed by atoms with E-state index in [2.05, 4.69) is 10.4 Å². The number of carbonyl (C=O) groups excluding carboxylic acids is 1. The quantitative estimate of drug-likeness (QED) is 0.675. The molecule has 17 heavy (non-hydrogen) atoms. The van der Waals surface area contributed by atoms with Crippen molar-refractivity contribution in [2.45, 2.75) is 46.3 Å². The van der Waals surface area contributed by atoms with Gasteiger partial charge in [-0.15, -0.1) is 0 Å². The van der Waals surface area contributed by atoms with Gasteiger partial charge in [0.05, 0.1) is 6.61 Å². The van der Waals surface area contributed by atoms with Crippen LogP contribution in [0.1, 0.15) is 34.6 Å². The van der Waals surface area contributed by atoms with Gasteiger partial charge in [0.15, 0.2) is 0 Å². The maximum atomic E-state index is 11.5. The number of alkyl carbamates (subject to hydrolysis) is 1. The Bertz CT molecular complexity index is 311. The van der Waals surface area contributed by atoms with Crippen LogP contribution < -0.4 is 5.32 Å². The smallest absolute Gasteiger partial charge is 0.408 e. The molecule has 1 unspecified atom stereocenters. The van der Waals surface area contributed by atoms with E-state index in [0.717, 1.165) is 0 Å². The zero-order valence-electron chi connectivity index (χ0n) is 11.9. The van der Waals surface area contributed by atoms with E-state index in [9.17, 15) is 9.59 Å². The number of amides is 1. The van der Waals surface area contributed by atoms with E-state index in [1.165, 1.54) is 0 Å². The number of carboxylic acid groups (broad SMARTS) is 1. The lowest BCUT2D eigenvalue weighted by Gasteiger charge is -2.30.